The molecule has 1 heterocycles. The molecule has 0 radical (unpaired) electrons. The molecular formula is C12H11FN2OS. The number of amidine groups is 1. The van der Waals surface area contributed by atoms with Crippen molar-refractivity contribution in [3.63, 3.8) is 0 Å². The van der Waals surface area contributed by atoms with Gasteiger partial charge in [-0.1, -0.05) is 12.1 Å². The van der Waals surface area contributed by atoms with Crippen LogP contribution in [0.1, 0.15) is 5.56 Å². The van der Waals surface area contributed by atoms with Crippen molar-refractivity contribution in [2.24, 2.45) is 4.99 Å². The van der Waals surface area contributed by atoms with E-state index in [1.165, 1.54) is 23.9 Å². The van der Waals surface area contributed by atoms with Crippen LogP contribution in [0.15, 0.2) is 34.2 Å². The Morgan fingerprint density at radius 3 is 2.47 bits per heavy atom. The molecule has 0 spiro atoms. The Bertz CT molecular complexity index is 506. The first-order valence-electron chi connectivity index (χ1n) is 5.02. The number of amides is 1. The Labute approximate surface area is 103 Å². The van der Waals surface area contributed by atoms with Crippen molar-refractivity contribution in [1.82, 2.24) is 4.90 Å². The standard InChI is InChI=1S/C12H11FN2OS/c1-15(2)12-14-11(16)10(17-12)7-8-3-5-9(13)6-4-8/h3-7H,1-2H3/b10-7-. The van der Waals surface area contributed by atoms with Crippen LogP contribution in [0.5, 0.6) is 0 Å². The smallest absolute Gasteiger partial charge is 0.286 e. The van der Waals surface area contributed by atoms with Crippen molar-refractivity contribution < 1.29 is 9.18 Å². The number of carbonyl (C=O) groups is 1. The number of hydrogen-bond donors (Lipinski definition) is 0. The summed E-state index contributed by atoms with van der Waals surface area (Å²) in [5.74, 6) is -0.536. The predicted molar refractivity (Wildman–Crippen MR) is 68.1 cm³/mol. The second-order valence-electron chi connectivity index (χ2n) is 3.76. The van der Waals surface area contributed by atoms with Crippen LogP contribution in [0.25, 0.3) is 6.08 Å². The lowest BCUT2D eigenvalue weighted by atomic mass is 10.2. The van der Waals surface area contributed by atoms with Gasteiger partial charge in [-0.2, -0.15) is 4.99 Å². The van der Waals surface area contributed by atoms with Gasteiger partial charge in [0.25, 0.3) is 5.91 Å². The molecule has 0 unspecified atom stereocenters. The fourth-order valence-electron chi connectivity index (χ4n) is 1.30. The Morgan fingerprint density at radius 2 is 1.94 bits per heavy atom. The second-order valence-corrected chi connectivity index (χ2v) is 4.77. The van der Waals surface area contributed by atoms with Gasteiger partial charge >= 0.3 is 0 Å². The summed E-state index contributed by atoms with van der Waals surface area (Å²) in [5, 5.41) is 0.670. The molecule has 0 bridgehead atoms. The van der Waals surface area contributed by atoms with Crippen LogP contribution in [0.4, 0.5) is 4.39 Å². The third-order valence-electron chi connectivity index (χ3n) is 2.16. The van der Waals surface area contributed by atoms with E-state index in [9.17, 15) is 9.18 Å². The molecule has 1 aliphatic rings. The highest BCUT2D eigenvalue weighted by Crippen LogP contribution is 2.29. The zero-order valence-electron chi connectivity index (χ0n) is 9.48. The van der Waals surface area contributed by atoms with Gasteiger partial charge < -0.3 is 4.90 Å². The molecule has 0 N–H and O–H groups in total. The maximum atomic E-state index is 12.7. The summed E-state index contributed by atoms with van der Waals surface area (Å²) in [6, 6.07) is 5.99. The summed E-state index contributed by atoms with van der Waals surface area (Å²) >= 11 is 1.32. The van der Waals surface area contributed by atoms with Crippen LogP contribution in [0.2, 0.25) is 0 Å². The van der Waals surface area contributed by atoms with Gasteiger partial charge in [-0.05, 0) is 35.5 Å². The average Bonchev–Trinajstić information content (AvgIpc) is 2.64. The van der Waals surface area contributed by atoms with E-state index in [0.717, 1.165) is 5.56 Å². The molecule has 1 aromatic carbocycles. The SMILES string of the molecule is CN(C)C1=NC(=O)/C(=C/c2ccc(F)cc2)S1. The lowest BCUT2D eigenvalue weighted by Crippen LogP contribution is -2.16. The zero-order valence-corrected chi connectivity index (χ0v) is 10.3. The Kier molecular flexibility index (Phi) is 3.28. The number of nitrogens with zero attached hydrogens (tertiary/aromatic N) is 2. The fourth-order valence-corrected chi connectivity index (χ4v) is 2.14. The summed E-state index contributed by atoms with van der Waals surface area (Å²) in [7, 11) is 3.67. The van der Waals surface area contributed by atoms with Gasteiger partial charge in [0.2, 0.25) is 0 Å². The van der Waals surface area contributed by atoms with E-state index in [-0.39, 0.29) is 11.7 Å². The Balaban J connectivity index is 2.20. The summed E-state index contributed by atoms with van der Waals surface area (Å²) in [6.45, 7) is 0. The molecule has 17 heavy (non-hydrogen) atoms. The van der Waals surface area contributed by atoms with Gasteiger partial charge in [0.1, 0.15) is 5.82 Å². The van der Waals surface area contributed by atoms with E-state index < -0.39 is 0 Å². The first-order chi connectivity index (χ1) is 8.06. The quantitative estimate of drug-likeness (QED) is 0.717. The van der Waals surface area contributed by atoms with E-state index in [1.807, 2.05) is 14.1 Å². The van der Waals surface area contributed by atoms with Gasteiger partial charge in [-0.15, -0.1) is 0 Å². The second kappa shape index (κ2) is 4.71. The number of thioether (sulfide) groups is 1. The molecule has 0 fully saturated rings. The van der Waals surface area contributed by atoms with E-state index >= 15 is 0 Å². The molecule has 3 nitrogen and oxygen atoms in total. The number of hydrogen-bond acceptors (Lipinski definition) is 3. The topological polar surface area (TPSA) is 32.7 Å². The van der Waals surface area contributed by atoms with Crippen LogP contribution < -0.4 is 0 Å². The third kappa shape index (κ3) is 2.74. The van der Waals surface area contributed by atoms with Gasteiger partial charge in [0, 0.05) is 14.1 Å². The van der Waals surface area contributed by atoms with E-state index in [0.29, 0.717) is 10.1 Å². The van der Waals surface area contributed by atoms with Crippen molar-refractivity contribution >= 4 is 28.9 Å². The van der Waals surface area contributed by atoms with Crippen LogP contribution in [-0.4, -0.2) is 30.1 Å². The summed E-state index contributed by atoms with van der Waals surface area (Å²) in [5.41, 5.74) is 0.789. The monoisotopic (exact) mass is 250 g/mol. The van der Waals surface area contributed by atoms with Gasteiger partial charge in [-0.3, -0.25) is 4.79 Å². The number of benzene rings is 1. The minimum absolute atomic E-state index is 0.247. The molecule has 88 valence electrons. The number of halogens is 1. The van der Waals surface area contributed by atoms with Gasteiger partial charge in [0.05, 0.1) is 4.91 Å². The summed E-state index contributed by atoms with van der Waals surface area (Å²) < 4.78 is 12.7. The zero-order chi connectivity index (χ0) is 12.4. The molecule has 0 saturated carbocycles. The van der Waals surface area contributed by atoms with Crippen molar-refractivity contribution in [1.29, 1.82) is 0 Å². The van der Waals surface area contributed by atoms with Gasteiger partial charge in [0.15, 0.2) is 5.17 Å². The van der Waals surface area contributed by atoms with Crippen LogP contribution in [0, 0.1) is 5.82 Å². The highest BCUT2D eigenvalue weighted by molar-refractivity contribution is 8.18. The minimum atomic E-state index is -0.289. The molecule has 1 amide bonds. The summed E-state index contributed by atoms with van der Waals surface area (Å²) in [4.78, 5) is 17.8. The van der Waals surface area contributed by atoms with Crippen molar-refractivity contribution in [2.45, 2.75) is 0 Å². The highest BCUT2D eigenvalue weighted by Gasteiger charge is 2.22. The Morgan fingerprint density at radius 1 is 1.29 bits per heavy atom. The van der Waals surface area contributed by atoms with Crippen LogP contribution in [-0.2, 0) is 4.79 Å². The maximum Gasteiger partial charge on any atom is 0.286 e. The first-order valence-corrected chi connectivity index (χ1v) is 5.83. The third-order valence-corrected chi connectivity index (χ3v) is 3.31. The molecule has 0 atom stereocenters. The van der Waals surface area contributed by atoms with E-state index in [1.54, 1.807) is 23.1 Å². The lowest BCUT2D eigenvalue weighted by Gasteiger charge is -2.08. The molecule has 1 aromatic rings. The van der Waals surface area contributed by atoms with E-state index in [4.69, 9.17) is 0 Å². The average molecular weight is 250 g/mol. The molecule has 0 aromatic heterocycles. The van der Waals surface area contributed by atoms with E-state index in [2.05, 4.69) is 4.99 Å². The maximum absolute atomic E-state index is 12.7. The van der Waals surface area contributed by atoms with Crippen LogP contribution in [0.3, 0.4) is 0 Å². The molecule has 0 aliphatic carbocycles. The molecule has 5 heteroatoms. The number of aliphatic imine (C=N–C) groups is 1. The predicted octanol–water partition coefficient (Wildman–Crippen LogP) is 2.36. The number of rotatable bonds is 1. The Hall–Kier alpha value is -1.62. The molecule has 2 rings (SSSR count). The normalized spacial score (nSPS) is 17.5. The molecular weight excluding hydrogens is 239 g/mol. The van der Waals surface area contributed by atoms with Crippen molar-refractivity contribution in [3.05, 3.63) is 40.6 Å². The van der Waals surface area contributed by atoms with Crippen molar-refractivity contribution in [2.75, 3.05) is 14.1 Å². The summed E-state index contributed by atoms with van der Waals surface area (Å²) in [6.07, 6.45) is 1.71. The molecule has 0 saturated heterocycles. The van der Waals surface area contributed by atoms with Gasteiger partial charge in [-0.25, -0.2) is 4.39 Å². The fraction of sp³-hybridized carbons (Fsp3) is 0.167. The van der Waals surface area contributed by atoms with Crippen LogP contribution >= 0.6 is 11.8 Å². The molecule has 1 aliphatic heterocycles. The van der Waals surface area contributed by atoms with Crippen molar-refractivity contribution in [3.8, 4) is 0 Å². The largest absolute Gasteiger partial charge is 0.357 e. The lowest BCUT2D eigenvalue weighted by molar-refractivity contribution is -0.113. The minimum Gasteiger partial charge on any atom is -0.357 e. The first kappa shape index (κ1) is 11.9. The number of carbonyl (C=O) groups excluding carboxylic acids is 1. The highest BCUT2D eigenvalue weighted by atomic mass is 32.2.